The zero-order valence-corrected chi connectivity index (χ0v) is 39.7. The van der Waals surface area contributed by atoms with E-state index in [0.717, 1.165) is 20.8 Å². The number of nitrogens with two attached hydrogens (primary N) is 2. The molecule has 5 amide bonds. The second-order valence-corrected chi connectivity index (χ2v) is 18.5. The first-order chi connectivity index (χ1) is 34.6. The molecule has 0 bridgehead atoms. The highest BCUT2D eigenvalue weighted by molar-refractivity contribution is 6.02. The Kier molecular flexibility index (Phi) is 19.0. The van der Waals surface area contributed by atoms with Crippen molar-refractivity contribution in [3.05, 3.63) is 11.5 Å². The van der Waals surface area contributed by atoms with Crippen molar-refractivity contribution in [2.24, 2.45) is 11.5 Å². The molecule has 10 unspecified atom stereocenters. The summed E-state index contributed by atoms with van der Waals surface area (Å²) in [5.74, 6) is -5.46. The summed E-state index contributed by atoms with van der Waals surface area (Å²) >= 11 is 0. The monoisotopic (exact) mass is 1070 g/mol. The van der Waals surface area contributed by atoms with Crippen LogP contribution in [0.25, 0.3) is 0 Å². The number of hydrogen-bond acceptors (Lipinski definition) is 28. The number of carbonyl (C=O) groups is 6. The highest BCUT2D eigenvalue weighted by Crippen LogP contribution is 2.38. The molecule has 0 aromatic rings. The first kappa shape index (κ1) is 58.8. The third-order valence-corrected chi connectivity index (χ3v) is 13.1. The molecule has 74 heavy (non-hydrogen) atoms. The molecule has 0 aromatic carbocycles. The number of nitrogens with one attached hydrogen (secondary N) is 3. The second-order valence-electron chi connectivity index (χ2n) is 18.5. The van der Waals surface area contributed by atoms with Crippen LogP contribution in [0, 0.1) is 0 Å². The van der Waals surface area contributed by atoms with Gasteiger partial charge in [-0.15, -0.1) is 0 Å². The minimum Gasteiger partial charge on any atom is -0.510 e. The van der Waals surface area contributed by atoms with E-state index in [0.29, 0.717) is 0 Å². The van der Waals surface area contributed by atoms with Crippen molar-refractivity contribution < 1.29 is 137 Å². The molecular weight excluding hydrogens is 1010 g/mol. The number of amides is 5. The Balaban J connectivity index is 1.30. The Bertz CT molecular complexity index is 2090. The molecule has 0 spiro atoms. The van der Waals surface area contributed by atoms with Crippen molar-refractivity contribution in [1.82, 2.24) is 16.0 Å². The molecule has 33 heteroatoms. The molecule has 19 N–H and O–H groups in total. The van der Waals surface area contributed by atoms with E-state index in [1.807, 2.05) is 0 Å². The second kappa shape index (κ2) is 23.8. The lowest BCUT2D eigenvalue weighted by molar-refractivity contribution is -0.376. The lowest BCUT2D eigenvalue weighted by atomic mass is 9.85. The fraction of sp³-hybridized carbons (Fsp3) is 0.805. The van der Waals surface area contributed by atoms with Crippen molar-refractivity contribution >= 4 is 35.5 Å². The van der Waals surface area contributed by atoms with E-state index < -0.39 is 213 Å². The highest BCUT2D eigenvalue weighted by atomic mass is 16.8. The topological polar surface area (TPSA) is 526 Å². The van der Waals surface area contributed by atoms with Crippen LogP contribution >= 0.6 is 0 Å². The van der Waals surface area contributed by atoms with E-state index in [2.05, 4.69) is 16.0 Å². The first-order valence-corrected chi connectivity index (χ1v) is 23.0. The van der Waals surface area contributed by atoms with Crippen molar-refractivity contribution in [2.45, 2.75) is 193 Å². The number of Topliss-reactive ketones (excluding diaryl/α,β-unsaturated/α-hetero) is 1. The number of hydrogen-bond donors (Lipinski definition) is 17. The van der Waals surface area contributed by atoms with E-state index in [-0.39, 0.29) is 12.8 Å². The zero-order valence-electron chi connectivity index (χ0n) is 39.7. The molecule has 0 aromatic heterocycles. The third kappa shape index (κ3) is 12.4. The molecule has 5 fully saturated rings. The van der Waals surface area contributed by atoms with Crippen LogP contribution in [-0.2, 0) is 71.3 Å². The summed E-state index contributed by atoms with van der Waals surface area (Å²) in [6.45, 7) is 2.31. The van der Waals surface area contributed by atoms with Gasteiger partial charge >= 0.3 is 6.09 Å². The number of allylic oxidation sites excluding steroid dienone is 2. The first-order valence-electron chi connectivity index (χ1n) is 23.0. The van der Waals surface area contributed by atoms with Gasteiger partial charge in [-0.05, 0) is 13.8 Å². The van der Waals surface area contributed by atoms with Gasteiger partial charge in [0.05, 0.1) is 19.3 Å². The molecule has 5 saturated heterocycles. The maximum atomic E-state index is 13.2. The molecule has 420 valence electrons. The summed E-state index contributed by atoms with van der Waals surface area (Å²) in [7, 11) is 0. The summed E-state index contributed by atoms with van der Waals surface area (Å²) in [6.07, 6.45) is -45.4. The number of aliphatic hydroxyl groups is 12. The Morgan fingerprint density at radius 1 is 0.676 bits per heavy atom. The average molecular weight is 1070 g/mol. The molecule has 1 aliphatic carbocycles. The summed E-state index contributed by atoms with van der Waals surface area (Å²) in [6, 6.07) is -3.65. The summed E-state index contributed by atoms with van der Waals surface area (Å²) in [4.78, 5) is 75.3. The minimum atomic E-state index is -2.62. The van der Waals surface area contributed by atoms with Crippen LogP contribution in [0.1, 0.15) is 40.5 Å². The van der Waals surface area contributed by atoms with Gasteiger partial charge in [0.1, 0.15) is 102 Å². The molecule has 0 saturated carbocycles. The van der Waals surface area contributed by atoms with E-state index in [4.69, 9.17) is 58.8 Å². The molecule has 33 nitrogen and oxygen atoms in total. The lowest BCUT2D eigenvalue weighted by Crippen LogP contribution is -2.72. The quantitative estimate of drug-likeness (QED) is 0.0682. The van der Waals surface area contributed by atoms with Gasteiger partial charge in [0.15, 0.2) is 61.6 Å². The largest absolute Gasteiger partial charge is 0.510 e. The van der Waals surface area contributed by atoms with E-state index in [9.17, 15) is 90.0 Å². The molecular formula is C41H63N5O28. The SMILES string of the molecule is CC(=O)NC1[C@H](O[C@@H]2C(CO[C@@H]3OC(CO)[C@@H](O)[C@H](O)C3O)O[C@@H](OC3[C@@H](OC(N)=O)[C@](C)(O)C(C(N)=O)O[C@@H]3O)C(NC(C)=O)[C@H]2O)OC(C)[C@@H](O[C@@H]2OC(C(=O)NC3=C(O)CCC3=O)[C@H](O)[C@H](O)C2O)[C@@H]1O. The number of ketones is 1. The molecule has 6 aliphatic rings. The van der Waals surface area contributed by atoms with Crippen LogP contribution in [0.3, 0.4) is 0 Å². The molecule has 5 heterocycles. The Labute approximate surface area is 418 Å². The van der Waals surface area contributed by atoms with Gasteiger partial charge in [-0.2, -0.15) is 0 Å². The normalized spacial score (nSPS) is 44.8. The van der Waals surface area contributed by atoms with Gasteiger partial charge in [0.2, 0.25) is 17.7 Å². The molecule has 25 atom stereocenters. The summed E-state index contributed by atoms with van der Waals surface area (Å²) in [5.41, 5.74) is 7.51. The van der Waals surface area contributed by atoms with Crippen LogP contribution in [0.15, 0.2) is 11.5 Å². The third-order valence-electron chi connectivity index (χ3n) is 13.1. The van der Waals surface area contributed by atoms with Crippen molar-refractivity contribution in [2.75, 3.05) is 13.2 Å². The molecule has 5 aliphatic heterocycles. The lowest BCUT2D eigenvalue weighted by Gasteiger charge is -2.51. The smallest absolute Gasteiger partial charge is 0.404 e. The summed E-state index contributed by atoms with van der Waals surface area (Å²) < 4.78 is 57.2. The van der Waals surface area contributed by atoms with E-state index in [1.54, 1.807) is 0 Å². The predicted molar refractivity (Wildman–Crippen MR) is 228 cm³/mol. The van der Waals surface area contributed by atoms with E-state index >= 15 is 0 Å². The fourth-order valence-corrected chi connectivity index (χ4v) is 9.25. The van der Waals surface area contributed by atoms with Gasteiger partial charge in [-0.25, -0.2) is 4.79 Å². The predicted octanol–water partition coefficient (Wildman–Crippen LogP) is -10.4. The van der Waals surface area contributed by atoms with Crippen LogP contribution in [0.4, 0.5) is 4.79 Å². The molecule has 6 rings (SSSR count). The number of primary amides is 2. The van der Waals surface area contributed by atoms with Gasteiger partial charge in [0.25, 0.3) is 5.91 Å². The number of carbonyl (C=O) groups excluding carboxylic acids is 6. The van der Waals surface area contributed by atoms with Crippen LogP contribution < -0.4 is 27.4 Å². The maximum Gasteiger partial charge on any atom is 0.404 e. The standard InChI is InChI=1S/C41H63N5O28/c1-9-27(69-39-26(59)23(56)24(57)29(71-39)34(61)46-16-12(50)5-6-13(16)51)20(53)17(44-10(2)48)36(66-9)70-28-15(8-65-38-25(58)22(55)19(52)14(7-47)67-38)68-37(18(21(28)54)45-11(3)49)72-30-31(74-40(43)63)41(4,64)32(33(42)60)73-35(30)62/h9,14-15,17-32,35-39,47,50,52-59,62,64H,5-8H2,1-4H3,(H2,42,60)(H2,43,63)(H,44,48)(H,45,49)(H,46,61)/t9?,14?,15?,17?,18?,19-,20-,21-,22+,23+,24-,25?,26?,27-,28-,29?,30?,31-,32?,35+,36+,37+,38-,39-,41+/m1/s1. The maximum absolute atomic E-state index is 13.2. The average Bonchev–Trinajstić information content (AvgIpc) is 3.63. The Morgan fingerprint density at radius 2 is 1.22 bits per heavy atom. The minimum absolute atomic E-state index is 0.0926. The van der Waals surface area contributed by atoms with Crippen LogP contribution in [0.5, 0.6) is 0 Å². The van der Waals surface area contributed by atoms with Gasteiger partial charge < -0.3 is 136 Å². The van der Waals surface area contributed by atoms with Gasteiger partial charge in [-0.1, -0.05) is 0 Å². The van der Waals surface area contributed by atoms with Crippen molar-refractivity contribution in [3.8, 4) is 0 Å². The highest BCUT2D eigenvalue weighted by Gasteiger charge is 2.61. The van der Waals surface area contributed by atoms with Crippen molar-refractivity contribution in [1.29, 1.82) is 0 Å². The zero-order chi connectivity index (χ0) is 55.0. The van der Waals surface area contributed by atoms with Gasteiger partial charge in [0, 0.05) is 26.7 Å². The summed E-state index contributed by atoms with van der Waals surface area (Å²) in [5, 5.41) is 137. The number of aliphatic hydroxyl groups excluding tert-OH is 11. The number of ether oxygens (including phenoxy) is 10. The van der Waals surface area contributed by atoms with Crippen molar-refractivity contribution in [3.63, 3.8) is 0 Å². The molecule has 0 radical (unpaired) electrons. The number of rotatable bonds is 16. The van der Waals surface area contributed by atoms with Crippen LogP contribution in [-0.4, -0.2) is 263 Å². The van der Waals surface area contributed by atoms with Crippen LogP contribution in [0.2, 0.25) is 0 Å². The Morgan fingerprint density at radius 3 is 1.77 bits per heavy atom. The van der Waals surface area contributed by atoms with E-state index in [1.165, 1.54) is 6.92 Å². The van der Waals surface area contributed by atoms with Gasteiger partial charge in [-0.3, -0.25) is 24.0 Å². The fourth-order valence-electron chi connectivity index (χ4n) is 9.25. The Hall–Kier alpha value is -4.44.